The smallest absolute Gasteiger partial charge is 0.286 e. The SMILES string of the molecule is CNc1c(NC(=O)COc2ccc(CC3SC(=O)NC3=O)cc2)cccc1Oc1cc(C)c(N)c(C)c1. The summed E-state index contributed by atoms with van der Waals surface area (Å²) in [4.78, 5) is 35.7. The molecule has 5 N–H and O–H groups in total. The van der Waals surface area contributed by atoms with Crippen LogP contribution in [0.3, 0.4) is 0 Å². The van der Waals surface area contributed by atoms with Crippen molar-refractivity contribution >= 4 is 45.9 Å². The molecular formula is C27H28N4O5S. The summed E-state index contributed by atoms with van der Waals surface area (Å²) < 4.78 is 11.7. The molecule has 9 nitrogen and oxygen atoms in total. The summed E-state index contributed by atoms with van der Waals surface area (Å²) in [5.74, 6) is 1.10. The fraction of sp³-hybridized carbons (Fsp3) is 0.222. The van der Waals surface area contributed by atoms with E-state index < -0.39 is 5.25 Å². The Labute approximate surface area is 219 Å². The Morgan fingerprint density at radius 2 is 1.76 bits per heavy atom. The van der Waals surface area contributed by atoms with E-state index in [1.54, 1.807) is 31.3 Å². The minimum atomic E-state index is -0.431. The van der Waals surface area contributed by atoms with Gasteiger partial charge in [0.05, 0.1) is 10.9 Å². The van der Waals surface area contributed by atoms with Gasteiger partial charge in [0, 0.05) is 12.7 Å². The third-order valence-electron chi connectivity index (χ3n) is 5.83. The lowest BCUT2D eigenvalue weighted by atomic mass is 10.1. The van der Waals surface area contributed by atoms with Crippen molar-refractivity contribution in [3.05, 3.63) is 71.3 Å². The average molecular weight is 521 g/mol. The number of para-hydroxylation sites is 1. The van der Waals surface area contributed by atoms with E-state index in [0.717, 1.165) is 34.1 Å². The van der Waals surface area contributed by atoms with Crippen molar-refractivity contribution in [3.8, 4) is 17.2 Å². The Kier molecular flexibility index (Phi) is 7.88. The number of hydrogen-bond donors (Lipinski definition) is 4. The highest BCUT2D eigenvalue weighted by Crippen LogP contribution is 2.36. The van der Waals surface area contributed by atoms with Gasteiger partial charge in [0.1, 0.15) is 17.2 Å². The Hall–Kier alpha value is -4.18. The van der Waals surface area contributed by atoms with Crippen molar-refractivity contribution in [2.45, 2.75) is 25.5 Å². The second kappa shape index (κ2) is 11.3. The fourth-order valence-electron chi connectivity index (χ4n) is 3.90. The second-order valence-corrected chi connectivity index (χ2v) is 9.75. The number of nitrogen functional groups attached to an aromatic ring is 1. The molecule has 0 saturated carbocycles. The predicted octanol–water partition coefficient (Wildman–Crippen LogP) is 4.63. The van der Waals surface area contributed by atoms with Gasteiger partial charge in [-0.05, 0) is 73.4 Å². The molecule has 37 heavy (non-hydrogen) atoms. The molecule has 1 atom stereocenters. The molecule has 10 heteroatoms. The van der Waals surface area contributed by atoms with Crippen LogP contribution < -0.4 is 31.2 Å². The van der Waals surface area contributed by atoms with Crippen LogP contribution in [0.5, 0.6) is 17.2 Å². The molecule has 0 bridgehead atoms. The summed E-state index contributed by atoms with van der Waals surface area (Å²) in [7, 11) is 1.75. The zero-order valence-corrected chi connectivity index (χ0v) is 21.5. The largest absolute Gasteiger partial charge is 0.484 e. The lowest BCUT2D eigenvalue weighted by Crippen LogP contribution is -2.25. The van der Waals surface area contributed by atoms with Crippen molar-refractivity contribution in [1.29, 1.82) is 0 Å². The molecule has 3 aromatic rings. The van der Waals surface area contributed by atoms with E-state index in [1.807, 2.05) is 44.2 Å². The number of nitrogens with two attached hydrogens (primary N) is 1. The molecule has 1 aliphatic rings. The van der Waals surface area contributed by atoms with Crippen LogP contribution in [0.4, 0.5) is 21.9 Å². The Morgan fingerprint density at radius 3 is 2.38 bits per heavy atom. The summed E-state index contributed by atoms with van der Waals surface area (Å²) in [6, 6.07) is 16.2. The molecule has 1 unspecified atom stereocenters. The van der Waals surface area contributed by atoms with Crippen LogP contribution in [0.25, 0.3) is 0 Å². The van der Waals surface area contributed by atoms with E-state index in [4.69, 9.17) is 15.2 Å². The molecule has 1 heterocycles. The van der Waals surface area contributed by atoms with Gasteiger partial charge in [-0.1, -0.05) is 30.0 Å². The monoisotopic (exact) mass is 520 g/mol. The van der Waals surface area contributed by atoms with E-state index in [-0.39, 0.29) is 23.7 Å². The van der Waals surface area contributed by atoms with Gasteiger partial charge in [0.15, 0.2) is 12.4 Å². The van der Waals surface area contributed by atoms with E-state index in [2.05, 4.69) is 16.0 Å². The molecule has 1 saturated heterocycles. The maximum Gasteiger partial charge on any atom is 0.286 e. The van der Waals surface area contributed by atoms with Gasteiger partial charge >= 0.3 is 0 Å². The van der Waals surface area contributed by atoms with Crippen LogP contribution in [0.15, 0.2) is 54.6 Å². The number of carbonyl (C=O) groups excluding carboxylic acids is 3. The average Bonchev–Trinajstić information content (AvgIpc) is 3.18. The highest BCUT2D eigenvalue weighted by Gasteiger charge is 2.31. The third-order valence-corrected chi connectivity index (χ3v) is 6.81. The van der Waals surface area contributed by atoms with Crippen molar-refractivity contribution in [2.24, 2.45) is 0 Å². The minimum absolute atomic E-state index is 0.195. The van der Waals surface area contributed by atoms with Crippen molar-refractivity contribution < 1.29 is 23.9 Å². The first kappa shape index (κ1) is 25.9. The van der Waals surface area contributed by atoms with E-state index >= 15 is 0 Å². The highest BCUT2D eigenvalue weighted by atomic mass is 32.2. The summed E-state index contributed by atoms with van der Waals surface area (Å²) in [6.07, 6.45) is 0.434. The van der Waals surface area contributed by atoms with Crippen LogP contribution in [0.2, 0.25) is 0 Å². The molecule has 192 valence electrons. The number of hydrogen-bond acceptors (Lipinski definition) is 8. The number of imide groups is 1. The highest BCUT2D eigenvalue weighted by molar-refractivity contribution is 8.15. The lowest BCUT2D eigenvalue weighted by Gasteiger charge is -2.17. The van der Waals surface area contributed by atoms with Gasteiger partial charge in [-0.2, -0.15) is 0 Å². The normalized spacial score (nSPS) is 14.7. The zero-order chi connectivity index (χ0) is 26.5. The Bertz CT molecular complexity index is 1320. The molecule has 0 spiro atoms. The summed E-state index contributed by atoms with van der Waals surface area (Å²) in [5, 5.41) is 7.47. The number of carbonyl (C=O) groups is 3. The molecular weight excluding hydrogens is 492 g/mol. The van der Waals surface area contributed by atoms with Crippen LogP contribution in [-0.2, 0) is 16.0 Å². The summed E-state index contributed by atoms with van der Waals surface area (Å²) in [5.41, 5.74) is 10.7. The molecule has 3 aromatic carbocycles. The van der Waals surface area contributed by atoms with Gasteiger partial charge in [0.2, 0.25) is 5.91 Å². The zero-order valence-electron chi connectivity index (χ0n) is 20.7. The number of thioether (sulfide) groups is 1. The molecule has 3 amide bonds. The van der Waals surface area contributed by atoms with Crippen molar-refractivity contribution in [2.75, 3.05) is 30.0 Å². The quantitative estimate of drug-likeness (QED) is 0.300. The maximum absolute atomic E-state index is 12.6. The predicted molar refractivity (Wildman–Crippen MR) is 146 cm³/mol. The summed E-state index contributed by atoms with van der Waals surface area (Å²) >= 11 is 0.991. The number of benzene rings is 3. The summed E-state index contributed by atoms with van der Waals surface area (Å²) in [6.45, 7) is 3.65. The Balaban J connectivity index is 1.36. The van der Waals surface area contributed by atoms with E-state index in [1.165, 1.54) is 0 Å². The lowest BCUT2D eigenvalue weighted by molar-refractivity contribution is -0.119. The minimum Gasteiger partial charge on any atom is -0.484 e. The third kappa shape index (κ3) is 6.34. The van der Waals surface area contributed by atoms with Crippen LogP contribution >= 0.6 is 11.8 Å². The van der Waals surface area contributed by atoms with Gasteiger partial charge in [0.25, 0.3) is 11.1 Å². The first-order chi connectivity index (χ1) is 17.7. The van der Waals surface area contributed by atoms with Crippen molar-refractivity contribution in [1.82, 2.24) is 5.32 Å². The van der Waals surface area contributed by atoms with Crippen molar-refractivity contribution in [3.63, 3.8) is 0 Å². The molecule has 1 fully saturated rings. The molecule has 4 rings (SSSR count). The molecule has 0 radical (unpaired) electrons. The molecule has 0 aliphatic carbocycles. The van der Waals surface area contributed by atoms with Crippen LogP contribution in [0, 0.1) is 13.8 Å². The van der Waals surface area contributed by atoms with Gasteiger partial charge in [-0.25, -0.2) is 0 Å². The topological polar surface area (TPSA) is 132 Å². The first-order valence-electron chi connectivity index (χ1n) is 11.6. The fourth-order valence-corrected chi connectivity index (χ4v) is 4.76. The maximum atomic E-state index is 12.6. The number of rotatable bonds is 9. The van der Waals surface area contributed by atoms with E-state index in [0.29, 0.717) is 35.0 Å². The standard InChI is InChI=1S/C27H28N4O5S/c1-15-11-19(12-16(2)24(15)28)36-21-6-4-5-20(25(21)29-3)30-23(32)14-35-18-9-7-17(8-10-18)13-22-26(33)31-27(34)37-22/h4-12,22,29H,13-14,28H2,1-3H3,(H,30,32)(H,31,33,34). The first-order valence-corrected chi connectivity index (χ1v) is 12.5. The van der Waals surface area contributed by atoms with E-state index in [9.17, 15) is 14.4 Å². The van der Waals surface area contributed by atoms with Crippen LogP contribution in [0.1, 0.15) is 16.7 Å². The van der Waals surface area contributed by atoms with Crippen LogP contribution in [-0.4, -0.2) is 36.0 Å². The second-order valence-electron chi connectivity index (χ2n) is 8.57. The number of ether oxygens (including phenoxy) is 2. The number of aryl methyl sites for hydroxylation is 2. The molecule has 0 aromatic heterocycles. The number of nitrogens with one attached hydrogen (secondary N) is 3. The Morgan fingerprint density at radius 1 is 1.05 bits per heavy atom. The van der Waals surface area contributed by atoms with Gasteiger partial charge in [-0.15, -0.1) is 0 Å². The molecule has 1 aliphatic heterocycles. The van der Waals surface area contributed by atoms with Gasteiger partial charge < -0.3 is 25.8 Å². The van der Waals surface area contributed by atoms with Gasteiger partial charge in [-0.3, -0.25) is 19.7 Å². The number of anilines is 3. The number of amides is 3.